The second-order valence-electron chi connectivity index (χ2n) is 8.18. The molecule has 2 aromatic heterocycles. The molecule has 0 fully saturated rings. The number of hydrogen-bond acceptors (Lipinski definition) is 6. The minimum Gasteiger partial charge on any atom is -0.316 e. The van der Waals surface area contributed by atoms with Crippen LogP contribution in [0.25, 0.3) is 16.0 Å². The van der Waals surface area contributed by atoms with Gasteiger partial charge < -0.3 is 15.5 Å². The highest BCUT2D eigenvalue weighted by molar-refractivity contribution is 7.15. The van der Waals surface area contributed by atoms with Crippen LogP contribution in [0.3, 0.4) is 0 Å². The van der Waals surface area contributed by atoms with E-state index in [2.05, 4.69) is 25.4 Å². The largest absolute Gasteiger partial charge is 0.316 e. The monoisotopic (exact) mass is 488 g/mol. The van der Waals surface area contributed by atoms with E-state index in [4.69, 9.17) is 6.57 Å². The number of thiazole rings is 1. The number of amides is 2. The number of likely N-dealkylation sites (N-methyl/N-ethyl adjacent to an activating group) is 1. The molecule has 35 heavy (non-hydrogen) atoms. The lowest BCUT2D eigenvalue weighted by Gasteiger charge is -2.13. The van der Waals surface area contributed by atoms with Gasteiger partial charge in [0.25, 0.3) is 0 Å². The van der Waals surface area contributed by atoms with E-state index in [9.17, 15) is 9.59 Å². The SMILES string of the molecule is [C-]#[N+]c1cc(-c2cccc([C@H](C)C(=O)Nc3ncc(CC)s3)c2)cnc1NC(=O)/C=C/CN(C)C. The van der Waals surface area contributed by atoms with Gasteiger partial charge in [-0.15, -0.1) is 11.3 Å². The van der Waals surface area contributed by atoms with Crippen molar-refractivity contribution in [1.82, 2.24) is 14.9 Å². The van der Waals surface area contributed by atoms with E-state index in [0.29, 0.717) is 11.7 Å². The Morgan fingerprint density at radius 1 is 1.17 bits per heavy atom. The fourth-order valence-electron chi connectivity index (χ4n) is 3.20. The number of aromatic nitrogens is 2. The summed E-state index contributed by atoms with van der Waals surface area (Å²) >= 11 is 1.47. The van der Waals surface area contributed by atoms with Crippen LogP contribution < -0.4 is 10.6 Å². The maximum absolute atomic E-state index is 12.8. The fraction of sp³-hybridized carbons (Fsp3) is 0.269. The number of hydrogen-bond donors (Lipinski definition) is 2. The Kier molecular flexibility index (Phi) is 8.84. The molecule has 0 radical (unpaired) electrons. The minimum atomic E-state index is -0.398. The van der Waals surface area contributed by atoms with E-state index in [1.807, 2.05) is 57.1 Å². The van der Waals surface area contributed by atoms with Crippen molar-refractivity contribution >= 4 is 39.8 Å². The molecule has 2 N–H and O–H groups in total. The molecule has 0 unspecified atom stereocenters. The number of rotatable bonds is 9. The molecule has 0 bridgehead atoms. The number of nitrogens with one attached hydrogen (secondary N) is 2. The Bertz CT molecular complexity index is 1270. The van der Waals surface area contributed by atoms with E-state index < -0.39 is 5.92 Å². The number of pyridine rings is 1. The molecule has 0 spiro atoms. The van der Waals surface area contributed by atoms with Gasteiger partial charge in [0.1, 0.15) is 5.82 Å². The lowest BCUT2D eigenvalue weighted by molar-refractivity contribution is -0.117. The third-order valence-corrected chi connectivity index (χ3v) is 6.27. The van der Waals surface area contributed by atoms with Gasteiger partial charge in [-0.1, -0.05) is 37.3 Å². The standard InChI is InChI=1S/C26H28N6O2S/c1-6-21-16-29-26(35-21)31-25(34)17(2)18-9-7-10-19(13-18)20-14-22(27-3)24(28-15-20)30-23(33)11-8-12-32(4)5/h7-11,13-17H,6,12H2,1-2,4-5H3,(H,28,30,33)(H,29,31,34)/b11-8+/t17-/m0/s1. The van der Waals surface area contributed by atoms with Crippen LogP contribution in [0.1, 0.15) is 30.2 Å². The predicted molar refractivity (Wildman–Crippen MR) is 141 cm³/mol. The first-order chi connectivity index (χ1) is 16.8. The van der Waals surface area contributed by atoms with E-state index >= 15 is 0 Å². The molecule has 0 aliphatic carbocycles. The van der Waals surface area contributed by atoms with Crippen molar-refractivity contribution in [3.8, 4) is 11.1 Å². The van der Waals surface area contributed by atoms with Crippen LogP contribution in [0.4, 0.5) is 16.6 Å². The van der Waals surface area contributed by atoms with Gasteiger partial charge in [0.2, 0.25) is 17.5 Å². The molecule has 2 heterocycles. The number of carbonyl (C=O) groups excluding carboxylic acids is 2. The first-order valence-corrected chi connectivity index (χ1v) is 12.0. The van der Waals surface area contributed by atoms with Crippen LogP contribution in [-0.2, 0) is 16.0 Å². The van der Waals surface area contributed by atoms with Gasteiger partial charge in [-0.3, -0.25) is 14.6 Å². The quantitative estimate of drug-likeness (QED) is 0.322. The summed E-state index contributed by atoms with van der Waals surface area (Å²) in [5.74, 6) is -0.670. The molecule has 0 saturated heterocycles. The second-order valence-corrected chi connectivity index (χ2v) is 9.29. The summed E-state index contributed by atoms with van der Waals surface area (Å²) < 4.78 is 0. The fourth-order valence-corrected chi connectivity index (χ4v) is 3.96. The zero-order valence-electron chi connectivity index (χ0n) is 20.2. The van der Waals surface area contributed by atoms with Crippen molar-refractivity contribution in [3.05, 3.63) is 76.7 Å². The molecular weight excluding hydrogens is 460 g/mol. The van der Waals surface area contributed by atoms with Crippen LogP contribution in [0, 0.1) is 6.57 Å². The lowest BCUT2D eigenvalue weighted by Crippen LogP contribution is -2.18. The number of nitrogens with zero attached hydrogens (tertiary/aromatic N) is 4. The average molecular weight is 489 g/mol. The summed E-state index contributed by atoms with van der Waals surface area (Å²) in [5.41, 5.74) is 2.62. The van der Waals surface area contributed by atoms with Crippen LogP contribution in [0.5, 0.6) is 0 Å². The molecule has 2 amide bonds. The molecule has 3 aromatic rings. The molecule has 1 atom stereocenters. The molecule has 180 valence electrons. The molecule has 1 aromatic carbocycles. The van der Waals surface area contributed by atoms with Crippen LogP contribution in [0.2, 0.25) is 0 Å². The van der Waals surface area contributed by atoms with Crippen molar-refractivity contribution in [3.63, 3.8) is 0 Å². The Balaban J connectivity index is 1.75. The van der Waals surface area contributed by atoms with Gasteiger partial charge in [0.05, 0.1) is 12.5 Å². The third kappa shape index (κ3) is 7.06. The van der Waals surface area contributed by atoms with E-state index in [1.165, 1.54) is 17.4 Å². The van der Waals surface area contributed by atoms with Crippen molar-refractivity contribution in [2.24, 2.45) is 0 Å². The summed E-state index contributed by atoms with van der Waals surface area (Å²) in [4.78, 5) is 40.1. The molecule has 9 heteroatoms. The van der Waals surface area contributed by atoms with Gasteiger partial charge in [-0.2, -0.15) is 0 Å². The average Bonchev–Trinajstić information content (AvgIpc) is 3.31. The maximum atomic E-state index is 12.8. The number of benzene rings is 1. The van der Waals surface area contributed by atoms with Crippen LogP contribution in [-0.4, -0.2) is 47.3 Å². The third-order valence-electron chi connectivity index (χ3n) is 5.21. The van der Waals surface area contributed by atoms with Crippen molar-refractivity contribution in [1.29, 1.82) is 0 Å². The van der Waals surface area contributed by atoms with E-state index in [-0.39, 0.29) is 23.3 Å². The molecule has 0 aliphatic heterocycles. The van der Waals surface area contributed by atoms with Crippen LogP contribution >= 0.6 is 11.3 Å². The molecule has 3 rings (SSSR count). The zero-order valence-corrected chi connectivity index (χ0v) is 21.0. The van der Waals surface area contributed by atoms with Gasteiger partial charge in [0.15, 0.2) is 5.13 Å². The second kappa shape index (κ2) is 12.0. The highest BCUT2D eigenvalue weighted by Gasteiger charge is 2.18. The first kappa shape index (κ1) is 25.7. The number of carbonyl (C=O) groups is 2. The molecular formula is C26H28N6O2S. The maximum Gasteiger partial charge on any atom is 0.248 e. The predicted octanol–water partition coefficient (Wildman–Crippen LogP) is 5.12. The molecule has 0 aliphatic rings. The summed E-state index contributed by atoms with van der Waals surface area (Å²) in [6, 6.07) is 9.26. The van der Waals surface area contributed by atoms with Gasteiger partial charge in [-0.25, -0.2) is 9.83 Å². The van der Waals surface area contributed by atoms with Crippen molar-refractivity contribution in [2.45, 2.75) is 26.2 Å². The van der Waals surface area contributed by atoms with Gasteiger partial charge in [0, 0.05) is 29.9 Å². The topological polar surface area (TPSA) is 91.6 Å². The van der Waals surface area contributed by atoms with Gasteiger partial charge in [-0.05, 0) is 50.2 Å². The lowest BCUT2D eigenvalue weighted by atomic mass is 9.96. The number of anilines is 2. The van der Waals surface area contributed by atoms with E-state index in [0.717, 1.165) is 28.0 Å². The normalized spacial score (nSPS) is 11.9. The molecule has 0 saturated carbocycles. The highest BCUT2D eigenvalue weighted by Crippen LogP contribution is 2.31. The summed E-state index contributed by atoms with van der Waals surface area (Å²) in [6.45, 7) is 12.0. The first-order valence-electron chi connectivity index (χ1n) is 11.2. The van der Waals surface area contributed by atoms with E-state index in [1.54, 1.807) is 24.5 Å². The smallest absolute Gasteiger partial charge is 0.248 e. The zero-order chi connectivity index (χ0) is 25.4. The Morgan fingerprint density at radius 2 is 1.97 bits per heavy atom. The van der Waals surface area contributed by atoms with Gasteiger partial charge >= 0.3 is 0 Å². The summed E-state index contributed by atoms with van der Waals surface area (Å²) in [6.07, 6.45) is 7.43. The Hall–Kier alpha value is -3.87. The van der Waals surface area contributed by atoms with Crippen molar-refractivity contribution in [2.75, 3.05) is 31.3 Å². The minimum absolute atomic E-state index is 0.139. The summed E-state index contributed by atoms with van der Waals surface area (Å²) in [7, 11) is 3.81. The van der Waals surface area contributed by atoms with Crippen molar-refractivity contribution < 1.29 is 9.59 Å². The summed E-state index contributed by atoms with van der Waals surface area (Å²) in [5, 5.41) is 6.14. The van der Waals surface area contributed by atoms with Crippen LogP contribution in [0.15, 0.2) is 54.9 Å². The molecule has 8 nitrogen and oxygen atoms in total. The highest BCUT2D eigenvalue weighted by atomic mass is 32.1. The number of aryl methyl sites for hydroxylation is 1. The Morgan fingerprint density at radius 3 is 2.66 bits per heavy atom. The Labute approximate surface area is 209 Å².